The molecule has 24 heavy (non-hydrogen) atoms. The molecule has 0 spiro atoms. The standard InChI is InChI=1S/C18H25N3O2.ClH/c1-3-18-21-15-10-14(6-7-16(15)23-18)20-17(22)9-12(2)13-5-4-8-19-11-13;/h6-7,10,12-13,19H,3-5,8-9,11H2,1-2H3,(H,20,22);1H. The molecule has 1 aromatic heterocycles. The predicted octanol–water partition coefficient (Wildman–Crippen LogP) is 3.78. The smallest absolute Gasteiger partial charge is 0.224 e. The molecule has 1 aromatic carbocycles. The van der Waals surface area contributed by atoms with Crippen molar-refractivity contribution in [3.63, 3.8) is 0 Å². The maximum Gasteiger partial charge on any atom is 0.224 e. The molecule has 1 saturated heterocycles. The molecule has 6 heteroatoms. The highest BCUT2D eigenvalue weighted by molar-refractivity contribution is 5.92. The zero-order chi connectivity index (χ0) is 16.2. The highest BCUT2D eigenvalue weighted by atomic mass is 35.5. The summed E-state index contributed by atoms with van der Waals surface area (Å²) >= 11 is 0. The van der Waals surface area contributed by atoms with Crippen molar-refractivity contribution in [1.29, 1.82) is 0 Å². The number of nitrogens with one attached hydrogen (secondary N) is 2. The van der Waals surface area contributed by atoms with E-state index in [1.165, 1.54) is 12.8 Å². The summed E-state index contributed by atoms with van der Waals surface area (Å²) in [6.45, 7) is 6.31. The molecule has 1 fully saturated rings. The van der Waals surface area contributed by atoms with Gasteiger partial charge >= 0.3 is 0 Å². The van der Waals surface area contributed by atoms with E-state index in [1.807, 2.05) is 25.1 Å². The second-order valence-electron chi connectivity index (χ2n) is 6.48. The van der Waals surface area contributed by atoms with Gasteiger partial charge in [0, 0.05) is 18.5 Å². The first-order valence-corrected chi connectivity index (χ1v) is 8.55. The van der Waals surface area contributed by atoms with Crippen molar-refractivity contribution < 1.29 is 9.21 Å². The number of halogens is 1. The zero-order valence-electron chi connectivity index (χ0n) is 14.3. The SMILES string of the molecule is CCc1nc2cc(NC(=O)CC(C)C3CCCNC3)ccc2o1.Cl. The van der Waals surface area contributed by atoms with Crippen LogP contribution < -0.4 is 10.6 Å². The third kappa shape index (κ3) is 4.48. The van der Waals surface area contributed by atoms with Crippen LogP contribution in [0.2, 0.25) is 0 Å². The highest BCUT2D eigenvalue weighted by Crippen LogP contribution is 2.24. The highest BCUT2D eigenvalue weighted by Gasteiger charge is 2.22. The van der Waals surface area contributed by atoms with Gasteiger partial charge in [-0.2, -0.15) is 0 Å². The van der Waals surface area contributed by atoms with E-state index in [0.29, 0.717) is 18.3 Å². The van der Waals surface area contributed by atoms with Gasteiger partial charge in [0.25, 0.3) is 0 Å². The Bertz CT molecular complexity index is 680. The number of aromatic nitrogens is 1. The monoisotopic (exact) mass is 351 g/mol. The number of fused-ring (bicyclic) bond motifs is 1. The van der Waals surface area contributed by atoms with Gasteiger partial charge in [0.2, 0.25) is 5.91 Å². The van der Waals surface area contributed by atoms with Crippen molar-refractivity contribution >= 4 is 35.1 Å². The van der Waals surface area contributed by atoms with Crippen molar-refractivity contribution in [3.8, 4) is 0 Å². The average Bonchev–Trinajstić information content (AvgIpc) is 2.98. The van der Waals surface area contributed by atoms with E-state index in [2.05, 4.69) is 22.5 Å². The fourth-order valence-electron chi connectivity index (χ4n) is 3.24. The lowest BCUT2D eigenvalue weighted by Gasteiger charge is -2.28. The van der Waals surface area contributed by atoms with Crippen LogP contribution in [-0.4, -0.2) is 24.0 Å². The van der Waals surface area contributed by atoms with E-state index >= 15 is 0 Å². The molecule has 0 radical (unpaired) electrons. The molecular weight excluding hydrogens is 326 g/mol. The van der Waals surface area contributed by atoms with Crippen LogP contribution in [0.3, 0.4) is 0 Å². The van der Waals surface area contributed by atoms with Crippen LogP contribution in [0, 0.1) is 11.8 Å². The molecule has 2 unspecified atom stereocenters. The number of hydrogen-bond donors (Lipinski definition) is 2. The van der Waals surface area contributed by atoms with Gasteiger partial charge in [-0.1, -0.05) is 13.8 Å². The quantitative estimate of drug-likeness (QED) is 0.860. The summed E-state index contributed by atoms with van der Waals surface area (Å²) in [7, 11) is 0. The predicted molar refractivity (Wildman–Crippen MR) is 98.6 cm³/mol. The summed E-state index contributed by atoms with van der Waals surface area (Å²) in [5.74, 6) is 1.79. The Morgan fingerprint density at radius 2 is 2.33 bits per heavy atom. The number of benzene rings is 1. The average molecular weight is 352 g/mol. The molecule has 1 aliphatic heterocycles. The minimum atomic E-state index is 0. The summed E-state index contributed by atoms with van der Waals surface area (Å²) < 4.78 is 5.59. The number of nitrogens with zero attached hydrogens (tertiary/aromatic N) is 1. The Balaban J connectivity index is 0.00000208. The van der Waals surface area contributed by atoms with Crippen molar-refractivity contribution in [2.24, 2.45) is 11.8 Å². The zero-order valence-corrected chi connectivity index (χ0v) is 15.1. The minimum Gasteiger partial charge on any atom is -0.441 e. The Morgan fingerprint density at radius 1 is 1.50 bits per heavy atom. The first-order valence-electron chi connectivity index (χ1n) is 8.55. The number of rotatable bonds is 5. The molecule has 2 N–H and O–H groups in total. The number of carbonyl (C=O) groups is 1. The first-order chi connectivity index (χ1) is 11.2. The number of amides is 1. The molecule has 3 rings (SSSR count). The van der Waals surface area contributed by atoms with Gasteiger partial charge in [0.15, 0.2) is 11.5 Å². The van der Waals surface area contributed by atoms with Crippen LogP contribution >= 0.6 is 12.4 Å². The number of aryl methyl sites for hydroxylation is 1. The summed E-state index contributed by atoms with van der Waals surface area (Å²) in [6.07, 6.45) is 3.75. The molecule has 0 bridgehead atoms. The van der Waals surface area contributed by atoms with Gasteiger partial charge in [0.05, 0.1) is 0 Å². The molecule has 2 heterocycles. The number of oxazole rings is 1. The lowest BCUT2D eigenvalue weighted by atomic mass is 9.85. The Labute approximate surface area is 149 Å². The fourth-order valence-corrected chi connectivity index (χ4v) is 3.24. The topological polar surface area (TPSA) is 67.2 Å². The third-order valence-corrected chi connectivity index (χ3v) is 4.67. The van der Waals surface area contributed by atoms with E-state index < -0.39 is 0 Å². The maximum absolute atomic E-state index is 12.3. The molecule has 2 atom stereocenters. The van der Waals surface area contributed by atoms with E-state index in [9.17, 15) is 4.79 Å². The van der Waals surface area contributed by atoms with E-state index in [0.717, 1.165) is 42.2 Å². The number of piperidine rings is 1. The fraction of sp³-hybridized carbons (Fsp3) is 0.556. The summed E-state index contributed by atoms with van der Waals surface area (Å²) in [5, 5.41) is 6.41. The van der Waals surface area contributed by atoms with Gasteiger partial charge in [-0.25, -0.2) is 4.98 Å². The minimum absolute atomic E-state index is 0. The van der Waals surface area contributed by atoms with Gasteiger partial charge < -0.3 is 15.1 Å². The van der Waals surface area contributed by atoms with Crippen LogP contribution in [0.4, 0.5) is 5.69 Å². The molecule has 0 saturated carbocycles. The molecule has 1 amide bonds. The Kier molecular flexibility index (Phi) is 6.63. The summed E-state index contributed by atoms with van der Waals surface area (Å²) in [4.78, 5) is 16.7. The lowest BCUT2D eigenvalue weighted by Crippen LogP contribution is -2.34. The number of carbonyl (C=O) groups excluding carboxylic acids is 1. The van der Waals surface area contributed by atoms with Crippen molar-refractivity contribution in [1.82, 2.24) is 10.3 Å². The molecule has 0 aliphatic carbocycles. The second-order valence-corrected chi connectivity index (χ2v) is 6.48. The van der Waals surface area contributed by atoms with Crippen LogP contribution in [0.5, 0.6) is 0 Å². The molecule has 2 aromatic rings. The Hall–Kier alpha value is -1.59. The van der Waals surface area contributed by atoms with E-state index in [-0.39, 0.29) is 18.3 Å². The summed E-state index contributed by atoms with van der Waals surface area (Å²) in [6, 6.07) is 5.62. The van der Waals surface area contributed by atoms with Crippen molar-refractivity contribution in [3.05, 3.63) is 24.1 Å². The first kappa shape index (κ1) is 18.7. The maximum atomic E-state index is 12.3. The van der Waals surface area contributed by atoms with Gasteiger partial charge in [-0.05, 0) is 56.0 Å². The molecular formula is C18H26ClN3O2. The van der Waals surface area contributed by atoms with Gasteiger partial charge in [-0.15, -0.1) is 12.4 Å². The van der Waals surface area contributed by atoms with Crippen molar-refractivity contribution in [2.75, 3.05) is 18.4 Å². The largest absolute Gasteiger partial charge is 0.441 e. The number of hydrogen-bond acceptors (Lipinski definition) is 4. The van der Waals surface area contributed by atoms with Crippen LogP contribution in [0.15, 0.2) is 22.6 Å². The van der Waals surface area contributed by atoms with E-state index in [4.69, 9.17) is 4.42 Å². The van der Waals surface area contributed by atoms with Crippen molar-refractivity contribution in [2.45, 2.75) is 39.5 Å². The lowest BCUT2D eigenvalue weighted by molar-refractivity contribution is -0.117. The summed E-state index contributed by atoms with van der Waals surface area (Å²) in [5.41, 5.74) is 2.35. The van der Waals surface area contributed by atoms with Crippen LogP contribution in [0.25, 0.3) is 11.1 Å². The van der Waals surface area contributed by atoms with Gasteiger partial charge in [-0.3, -0.25) is 4.79 Å². The van der Waals surface area contributed by atoms with Crippen LogP contribution in [0.1, 0.15) is 39.0 Å². The van der Waals surface area contributed by atoms with Gasteiger partial charge in [0.1, 0.15) is 5.52 Å². The number of anilines is 1. The Morgan fingerprint density at radius 3 is 3.04 bits per heavy atom. The molecule has 5 nitrogen and oxygen atoms in total. The second kappa shape index (κ2) is 8.49. The van der Waals surface area contributed by atoms with Crippen LogP contribution in [-0.2, 0) is 11.2 Å². The third-order valence-electron chi connectivity index (χ3n) is 4.67. The molecule has 132 valence electrons. The normalized spacial score (nSPS) is 18.8. The molecule has 1 aliphatic rings. The van der Waals surface area contributed by atoms with E-state index in [1.54, 1.807) is 0 Å².